The third-order valence-electron chi connectivity index (χ3n) is 3.16. The Morgan fingerprint density at radius 3 is 2.67 bits per heavy atom. The summed E-state index contributed by atoms with van der Waals surface area (Å²) >= 11 is 0. The molecule has 18 heavy (non-hydrogen) atoms. The van der Waals surface area contributed by atoms with E-state index in [-0.39, 0.29) is 31.0 Å². The zero-order valence-electron chi connectivity index (χ0n) is 11.5. The van der Waals surface area contributed by atoms with Gasteiger partial charge in [-0.15, -0.1) is 12.4 Å². The number of rotatable bonds is 6. The van der Waals surface area contributed by atoms with Crippen molar-refractivity contribution in [3.8, 4) is 0 Å². The topological polar surface area (TPSA) is 50.8 Å². The number of hydrogen-bond donors (Lipinski definition) is 1. The lowest BCUT2D eigenvalue weighted by Gasteiger charge is -2.38. The van der Waals surface area contributed by atoms with E-state index in [1.54, 1.807) is 0 Å². The van der Waals surface area contributed by atoms with E-state index in [4.69, 9.17) is 9.47 Å². The van der Waals surface area contributed by atoms with E-state index >= 15 is 0 Å². The SMILES string of the molecule is CCOCCOCC(=O)N1CCNC(C)C1C.Cl. The summed E-state index contributed by atoms with van der Waals surface area (Å²) in [6, 6.07) is 0.572. The zero-order chi connectivity index (χ0) is 12.7. The predicted octanol–water partition coefficient (Wildman–Crippen LogP) is 0.670. The third kappa shape index (κ3) is 5.52. The van der Waals surface area contributed by atoms with Crippen LogP contribution in [0.3, 0.4) is 0 Å². The highest BCUT2D eigenvalue weighted by molar-refractivity contribution is 5.85. The second-order valence-electron chi connectivity index (χ2n) is 4.32. The molecule has 108 valence electrons. The van der Waals surface area contributed by atoms with Crippen LogP contribution in [0.2, 0.25) is 0 Å². The Hall–Kier alpha value is -0.360. The standard InChI is InChI=1S/C12H24N2O3.ClH/c1-4-16-7-8-17-9-12(15)14-6-5-13-10(2)11(14)3;/h10-11,13H,4-9H2,1-3H3;1H. The molecule has 1 heterocycles. The molecular weight excluding hydrogens is 256 g/mol. The Morgan fingerprint density at radius 1 is 1.33 bits per heavy atom. The van der Waals surface area contributed by atoms with Gasteiger partial charge in [0.05, 0.1) is 13.2 Å². The van der Waals surface area contributed by atoms with Crippen molar-refractivity contribution in [3.05, 3.63) is 0 Å². The van der Waals surface area contributed by atoms with E-state index in [2.05, 4.69) is 19.2 Å². The van der Waals surface area contributed by atoms with Gasteiger partial charge in [-0.3, -0.25) is 4.79 Å². The first-order valence-corrected chi connectivity index (χ1v) is 6.35. The van der Waals surface area contributed by atoms with Gasteiger partial charge in [0.15, 0.2) is 0 Å². The minimum absolute atomic E-state index is 0. The van der Waals surface area contributed by atoms with Crippen molar-refractivity contribution in [3.63, 3.8) is 0 Å². The van der Waals surface area contributed by atoms with Crippen molar-refractivity contribution in [2.45, 2.75) is 32.9 Å². The highest BCUT2D eigenvalue weighted by atomic mass is 35.5. The molecule has 1 N–H and O–H groups in total. The summed E-state index contributed by atoms with van der Waals surface area (Å²) < 4.78 is 10.4. The normalized spacial score (nSPS) is 23.6. The molecule has 1 rings (SSSR count). The lowest BCUT2D eigenvalue weighted by Crippen LogP contribution is -2.57. The minimum Gasteiger partial charge on any atom is -0.379 e. The predicted molar refractivity (Wildman–Crippen MR) is 73.2 cm³/mol. The molecule has 0 aromatic rings. The summed E-state index contributed by atoms with van der Waals surface area (Å²) in [7, 11) is 0. The number of nitrogens with one attached hydrogen (secondary N) is 1. The fraction of sp³-hybridized carbons (Fsp3) is 0.917. The number of ether oxygens (including phenoxy) is 2. The molecule has 0 aliphatic carbocycles. The molecule has 1 fully saturated rings. The van der Waals surface area contributed by atoms with Gasteiger partial charge in [-0.05, 0) is 20.8 Å². The Balaban J connectivity index is 0.00000289. The van der Waals surface area contributed by atoms with Crippen LogP contribution in [0.1, 0.15) is 20.8 Å². The largest absolute Gasteiger partial charge is 0.379 e. The summed E-state index contributed by atoms with van der Waals surface area (Å²) in [6.45, 7) is 9.60. The van der Waals surface area contributed by atoms with Crippen molar-refractivity contribution >= 4 is 18.3 Å². The number of carbonyl (C=O) groups excluding carboxylic acids is 1. The Bertz CT molecular complexity index is 241. The maximum absolute atomic E-state index is 11.9. The van der Waals surface area contributed by atoms with Gasteiger partial charge < -0.3 is 19.7 Å². The van der Waals surface area contributed by atoms with E-state index in [1.807, 2.05) is 11.8 Å². The van der Waals surface area contributed by atoms with Gasteiger partial charge in [0.2, 0.25) is 5.91 Å². The smallest absolute Gasteiger partial charge is 0.248 e. The van der Waals surface area contributed by atoms with Crippen LogP contribution in [-0.2, 0) is 14.3 Å². The lowest BCUT2D eigenvalue weighted by molar-refractivity contribution is -0.140. The highest BCUT2D eigenvalue weighted by Gasteiger charge is 2.27. The molecule has 2 unspecified atom stereocenters. The number of amides is 1. The van der Waals surface area contributed by atoms with Crippen LogP contribution in [0.15, 0.2) is 0 Å². The van der Waals surface area contributed by atoms with Gasteiger partial charge >= 0.3 is 0 Å². The summed E-state index contributed by atoms with van der Waals surface area (Å²) in [4.78, 5) is 13.8. The van der Waals surface area contributed by atoms with Crippen LogP contribution in [0.25, 0.3) is 0 Å². The molecule has 1 aliphatic heterocycles. The van der Waals surface area contributed by atoms with E-state index in [0.29, 0.717) is 25.9 Å². The first-order chi connectivity index (χ1) is 8.16. The van der Waals surface area contributed by atoms with Crippen molar-refractivity contribution in [1.82, 2.24) is 10.2 Å². The van der Waals surface area contributed by atoms with Gasteiger partial charge in [-0.25, -0.2) is 0 Å². The first-order valence-electron chi connectivity index (χ1n) is 6.35. The number of hydrogen-bond acceptors (Lipinski definition) is 4. The number of halogens is 1. The molecule has 0 aromatic heterocycles. The van der Waals surface area contributed by atoms with Crippen LogP contribution in [0.4, 0.5) is 0 Å². The van der Waals surface area contributed by atoms with Crippen molar-refractivity contribution in [2.24, 2.45) is 0 Å². The first kappa shape index (κ1) is 17.6. The summed E-state index contributed by atoms with van der Waals surface area (Å²) in [5.74, 6) is 0.0716. The van der Waals surface area contributed by atoms with Gasteiger partial charge in [0.25, 0.3) is 0 Å². The molecule has 1 saturated heterocycles. The highest BCUT2D eigenvalue weighted by Crippen LogP contribution is 2.08. The number of nitrogens with zero attached hydrogens (tertiary/aromatic N) is 1. The molecule has 1 amide bonds. The van der Waals surface area contributed by atoms with E-state index in [1.165, 1.54) is 0 Å². The third-order valence-corrected chi connectivity index (χ3v) is 3.16. The van der Waals surface area contributed by atoms with Crippen LogP contribution < -0.4 is 5.32 Å². The van der Waals surface area contributed by atoms with E-state index in [0.717, 1.165) is 13.1 Å². The second-order valence-corrected chi connectivity index (χ2v) is 4.32. The Kier molecular flexibility index (Phi) is 9.36. The lowest BCUT2D eigenvalue weighted by atomic mass is 10.1. The summed E-state index contributed by atoms with van der Waals surface area (Å²) in [5, 5.41) is 3.35. The summed E-state index contributed by atoms with van der Waals surface area (Å²) in [5.41, 5.74) is 0. The van der Waals surface area contributed by atoms with Gasteiger partial charge in [-0.2, -0.15) is 0 Å². The Labute approximate surface area is 116 Å². The van der Waals surface area contributed by atoms with Crippen LogP contribution in [0, 0.1) is 0 Å². The summed E-state index contributed by atoms with van der Waals surface area (Å²) in [6.07, 6.45) is 0. The monoisotopic (exact) mass is 280 g/mol. The van der Waals surface area contributed by atoms with Gasteiger partial charge in [0, 0.05) is 31.8 Å². The van der Waals surface area contributed by atoms with E-state index in [9.17, 15) is 4.79 Å². The molecule has 6 heteroatoms. The fourth-order valence-corrected chi connectivity index (χ4v) is 1.91. The van der Waals surface area contributed by atoms with Crippen molar-refractivity contribution < 1.29 is 14.3 Å². The van der Waals surface area contributed by atoms with Crippen LogP contribution in [-0.4, -0.2) is 62.4 Å². The quantitative estimate of drug-likeness (QED) is 0.727. The van der Waals surface area contributed by atoms with Crippen molar-refractivity contribution in [2.75, 3.05) is 39.5 Å². The minimum atomic E-state index is 0. The molecule has 0 aromatic carbocycles. The Morgan fingerprint density at radius 2 is 2.00 bits per heavy atom. The average Bonchev–Trinajstić information content (AvgIpc) is 2.32. The van der Waals surface area contributed by atoms with Crippen molar-refractivity contribution in [1.29, 1.82) is 0 Å². The fourth-order valence-electron chi connectivity index (χ4n) is 1.91. The average molecular weight is 281 g/mol. The number of carbonyl (C=O) groups is 1. The van der Waals surface area contributed by atoms with Gasteiger partial charge in [-0.1, -0.05) is 0 Å². The molecule has 0 radical (unpaired) electrons. The molecule has 0 spiro atoms. The number of piperazine rings is 1. The molecule has 0 saturated carbocycles. The molecule has 5 nitrogen and oxygen atoms in total. The maximum atomic E-state index is 11.9. The van der Waals surface area contributed by atoms with Crippen LogP contribution >= 0.6 is 12.4 Å². The molecule has 0 bridgehead atoms. The van der Waals surface area contributed by atoms with E-state index < -0.39 is 0 Å². The molecular formula is C12H25ClN2O3. The zero-order valence-corrected chi connectivity index (χ0v) is 12.3. The second kappa shape index (κ2) is 9.55. The van der Waals surface area contributed by atoms with Crippen LogP contribution in [0.5, 0.6) is 0 Å². The van der Waals surface area contributed by atoms with Gasteiger partial charge in [0.1, 0.15) is 6.61 Å². The molecule has 1 aliphatic rings. The molecule has 2 atom stereocenters. The maximum Gasteiger partial charge on any atom is 0.248 e.